The highest BCUT2D eigenvalue weighted by Gasteiger charge is 2.30. The van der Waals surface area contributed by atoms with Crippen molar-refractivity contribution in [3.8, 4) is 11.5 Å². The van der Waals surface area contributed by atoms with Crippen molar-refractivity contribution < 1.29 is 27.4 Å². The van der Waals surface area contributed by atoms with E-state index in [0.717, 1.165) is 5.56 Å². The first-order valence-corrected chi connectivity index (χ1v) is 10.6. The molecule has 2 aromatic rings. The molecule has 8 heteroatoms. The first-order chi connectivity index (χ1) is 13.5. The van der Waals surface area contributed by atoms with Crippen molar-refractivity contribution in [1.29, 1.82) is 0 Å². The molecule has 1 unspecified atom stereocenters. The second-order valence-corrected chi connectivity index (χ2v) is 8.73. The van der Waals surface area contributed by atoms with Crippen LogP contribution in [0, 0.1) is 0 Å². The molecule has 0 amide bonds. The van der Waals surface area contributed by atoms with E-state index in [1.165, 1.54) is 7.11 Å². The molecule has 150 valence electrons. The topological polar surface area (TPSA) is 90.9 Å². The highest BCUT2D eigenvalue weighted by atomic mass is 32.2. The number of carbonyl (C=O) groups excluding carboxylic acids is 1. The van der Waals surface area contributed by atoms with Gasteiger partial charge < -0.3 is 19.5 Å². The van der Waals surface area contributed by atoms with Gasteiger partial charge in [-0.3, -0.25) is 0 Å². The maximum Gasteiger partial charge on any atom is 0.337 e. The number of ether oxygens (including phenoxy) is 3. The minimum Gasteiger partial charge on any atom is -0.490 e. The zero-order chi connectivity index (χ0) is 20.0. The Morgan fingerprint density at radius 1 is 1.00 bits per heavy atom. The number of hydrogen-bond donors (Lipinski definition) is 1. The molecule has 1 aliphatic heterocycles. The Morgan fingerprint density at radius 3 is 2.07 bits per heavy atom. The van der Waals surface area contributed by atoms with E-state index in [-0.39, 0.29) is 17.1 Å². The van der Waals surface area contributed by atoms with Gasteiger partial charge in [0.25, 0.3) is 0 Å². The fourth-order valence-corrected chi connectivity index (χ4v) is 4.37. The molecule has 28 heavy (non-hydrogen) atoms. The van der Waals surface area contributed by atoms with Crippen LogP contribution in [-0.4, -0.2) is 52.4 Å². The summed E-state index contributed by atoms with van der Waals surface area (Å²) in [6.07, 6.45) is 0.500. The fourth-order valence-electron chi connectivity index (χ4n) is 2.91. The monoisotopic (exact) mass is 405 g/mol. The molecule has 7 nitrogen and oxygen atoms in total. The summed E-state index contributed by atoms with van der Waals surface area (Å²) in [7, 11) is -1.70. The van der Waals surface area contributed by atoms with Gasteiger partial charge in [-0.05, 0) is 48.4 Å². The van der Waals surface area contributed by atoms with Crippen LogP contribution >= 0.6 is 0 Å². The van der Waals surface area contributed by atoms with Gasteiger partial charge in [-0.25, -0.2) is 13.2 Å². The zero-order valence-corrected chi connectivity index (χ0v) is 16.4. The summed E-state index contributed by atoms with van der Waals surface area (Å²) in [5.41, 5.74) is 1.43. The summed E-state index contributed by atoms with van der Waals surface area (Å²) in [5, 5.41) is 2.54. The summed E-state index contributed by atoms with van der Waals surface area (Å²) < 4.78 is 39.6. The van der Waals surface area contributed by atoms with Crippen LogP contribution in [0.3, 0.4) is 0 Å². The number of nitrogens with one attached hydrogen (secondary N) is 1. The Balaban J connectivity index is 1.42. The lowest BCUT2D eigenvalue weighted by Crippen LogP contribution is -2.21. The van der Waals surface area contributed by atoms with Crippen LogP contribution in [0.1, 0.15) is 15.9 Å². The van der Waals surface area contributed by atoms with E-state index in [9.17, 15) is 13.2 Å². The summed E-state index contributed by atoms with van der Waals surface area (Å²) >= 11 is 0. The molecule has 1 aliphatic rings. The third kappa shape index (κ3) is 5.24. The summed E-state index contributed by atoms with van der Waals surface area (Å²) in [6.45, 7) is 1.21. The van der Waals surface area contributed by atoms with Gasteiger partial charge in [0.05, 0.1) is 23.8 Å². The molecule has 0 radical (unpaired) electrons. The Bertz CT molecular complexity index is 893. The number of rotatable bonds is 8. The molecule has 0 bridgehead atoms. The predicted octanol–water partition coefficient (Wildman–Crippen LogP) is 1.82. The number of methoxy groups -OCH3 is 1. The van der Waals surface area contributed by atoms with E-state index in [4.69, 9.17) is 9.47 Å². The highest BCUT2D eigenvalue weighted by Crippen LogP contribution is 2.18. The van der Waals surface area contributed by atoms with Crippen LogP contribution in [0.15, 0.2) is 48.5 Å². The molecule has 0 aliphatic carbocycles. The Kier molecular flexibility index (Phi) is 6.53. The normalized spacial score (nSPS) is 17.8. The van der Waals surface area contributed by atoms with Crippen molar-refractivity contribution in [2.24, 2.45) is 0 Å². The van der Waals surface area contributed by atoms with Crippen molar-refractivity contribution >= 4 is 15.8 Å². The van der Waals surface area contributed by atoms with Gasteiger partial charge >= 0.3 is 5.97 Å². The third-order valence-corrected chi connectivity index (χ3v) is 6.42. The largest absolute Gasteiger partial charge is 0.490 e. The third-order valence-electron chi connectivity index (χ3n) is 4.47. The molecule has 1 saturated heterocycles. The lowest BCUT2D eigenvalue weighted by Gasteiger charge is -2.11. The smallest absolute Gasteiger partial charge is 0.337 e. The van der Waals surface area contributed by atoms with Gasteiger partial charge in [-0.15, -0.1) is 0 Å². The first-order valence-electron chi connectivity index (χ1n) is 8.93. The zero-order valence-electron chi connectivity index (χ0n) is 15.6. The van der Waals surface area contributed by atoms with Gasteiger partial charge in [0, 0.05) is 6.54 Å². The molecule has 0 spiro atoms. The number of esters is 1. The number of hydrogen-bond acceptors (Lipinski definition) is 7. The van der Waals surface area contributed by atoms with Gasteiger partial charge in [-0.2, -0.15) is 0 Å². The summed E-state index contributed by atoms with van der Waals surface area (Å²) in [5.74, 6) is 1.00. The molecular weight excluding hydrogens is 382 g/mol. The van der Waals surface area contributed by atoms with Crippen LogP contribution in [0.5, 0.6) is 11.5 Å². The van der Waals surface area contributed by atoms with Crippen LogP contribution in [0.25, 0.3) is 0 Å². The van der Waals surface area contributed by atoms with Crippen molar-refractivity contribution in [3.05, 3.63) is 59.7 Å². The summed E-state index contributed by atoms with van der Waals surface area (Å²) in [6, 6.07) is 14.1. The second-order valence-electron chi connectivity index (χ2n) is 6.44. The quantitative estimate of drug-likeness (QED) is 0.529. The van der Waals surface area contributed by atoms with E-state index < -0.39 is 9.84 Å². The SMILES string of the molecule is COC(=O)c1ccc(OCCOc2ccc(CC3CNCS3(=O)=O)cc2)cc1. The summed E-state index contributed by atoms with van der Waals surface area (Å²) in [4.78, 5) is 11.4. The minimum absolute atomic E-state index is 0.0598. The molecule has 1 heterocycles. The molecule has 0 saturated carbocycles. The Labute approximate surface area is 164 Å². The average Bonchev–Trinajstić information content (AvgIpc) is 3.04. The van der Waals surface area contributed by atoms with E-state index in [2.05, 4.69) is 10.1 Å². The van der Waals surface area contributed by atoms with Gasteiger partial charge in [0.2, 0.25) is 0 Å². The number of sulfone groups is 1. The average molecular weight is 405 g/mol. The van der Waals surface area contributed by atoms with Gasteiger partial charge in [-0.1, -0.05) is 12.1 Å². The molecule has 1 N–H and O–H groups in total. The number of carbonyl (C=O) groups is 1. The van der Waals surface area contributed by atoms with Crippen LogP contribution in [-0.2, 0) is 21.0 Å². The lowest BCUT2D eigenvalue weighted by atomic mass is 10.1. The fraction of sp³-hybridized carbons (Fsp3) is 0.350. The first kappa shape index (κ1) is 20.2. The minimum atomic E-state index is -3.03. The Morgan fingerprint density at radius 2 is 1.57 bits per heavy atom. The second kappa shape index (κ2) is 9.07. The molecule has 2 aromatic carbocycles. The molecule has 0 aromatic heterocycles. The van der Waals surface area contributed by atoms with Gasteiger partial charge in [0.15, 0.2) is 9.84 Å². The van der Waals surface area contributed by atoms with Crippen molar-refractivity contribution in [1.82, 2.24) is 5.32 Å². The van der Waals surface area contributed by atoms with E-state index in [0.29, 0.717) is 43.2 Å². The van der Waals surface area contributed by atoms with E-state index in [1.807, 2.05) is 24.3 Å². The van der Waals surface area contributed by atoms with Crippen molar-refractivity contribution in [3.63, 3.8) is 0 Å². The molecular formula is C20H23NO6S. The maximum absolute atomic E-state index is 11.9. The predicted molar refractivity (Wildman–Crippen MR) is 104 cm³/mol. The van der Waals surface area contributed by atoms with Crippen LogP contribution in [0.2, 0.25) is 0 Å². The maximum atomic E-state index is 11.9. The van der Waals surface area contributed by atoms with Crippen LogP contribution < -0.4 is 14.8 Å². The lowest BCUT2D eigenvalue weighted by molar-refractivity contribution is 0.0600. The number of benzene rings is 2. The van der Waals surface area contributed by atoms with E-state index >= 15 is 0 Å². The van der Waals surface area contributed by atoms with Gasteiger partial charge in [0.1, 0.15) is 24.7 Å². The molecule has 1 atom stereocenters. The van der Waals surface area contributed by atoms with Crippen LogP contribution in [0.4, 0.5) is 0 Å². The van der Waals surface area contributed by atoms with Crippen molar-refractivity contribution in [2.45, 2.75) is 11.7 Å². The molecule has 1 fully saturated rings. The Hall–Kier alpha value is -2.58. The van der Waals surface area contributed by atoms with Crippen molar-refractivity contribution in [2.75, 3.05) is 32.7 Å². The highest BCUT2D eigenvalue weighted by molar-refractivity contribution is 7.92. The van der Waals surface area contributed by atoms with E-state index in [1.54, 1.807) is 24.3 Å². The molecule has 3 rings (SSSR count). The standard InChI is InChI=1S/C20H23NO6S/c1-25-20(22)16-4-8-18(9-5-16)27-11-10-26-17-6-2-15(3-7-17)12-19-13-21-14-28(19,23)24/h2-9,19,21H,10-14H2,1H3.